The van der Waals surface area contributed by atoms with E-state index in [9.17, 15) is 0 Å². The van der Waals surface area contributed by atoms with Gasteiger partial charge in [-0.05, 0) is 43.9 Å². The molecular weight excluding hydrogens is 266 g/mol. The van der Waals surface area contributed by atoms with Crippen LogP contribution in [0.2, 0.25) is 5.02 Å². The van der Waals surface area contributed by atoms with Crippen LogP contribution in [-0.2, 0) is 0 Å². The Morgan fingerprint density at radius 2 is 2.11 bits per heavy atom. The first-order chi connectivity index (χ1) is 8.70. The quantitative estimate of drug-likeness (QED) is 0.929. The fourth-order valence-electron chi connectivity index (χ4n) is 1.50. The minimum absolute atomic E-state index is 0.258. The van der Waals surface area contributed by atoms with Gasteiger partial charge in [-0.3, -0.25) is 0 Å². The second kappa shape index (κ2) is 6.18. The van der Waals surface area contributed by atoms with Crippen molar-refractivity contribution in [2.75, 3.05) is 7.05 Å². The molecule has 2 rings (SSSR count). The van der Waals surface area contributed by atoms with Crippen LogP contribution in [0.5, 0.6) is 0 Å². The van der Waals surface area contributed by atoms with E-state index in [1.54, 1.807) is 24.2 Å². The average Bonchev–Trinajstić information content (AvgIpc) is 2.41. The van der Waals surface area contributed by atoms with Gasteiger partial charge in [-0.15, -0.1) is 0 Å². The van der Waals surface area contributed by atoms with E-state index in [-0.39, 0.29) is 6.04 Å². The van der Waals surface area contributed by atoms with Gasteiger partial charge in [0.25, 0.3) is 0 Å². The maximum atomic E-state index is 5.82. The summed E-state index contributed by atoms with van der Waals surface area (Å²) in [5.41, 5.74) is 1.17. The van der Waals surface area contributed by atoms with Crippen LogP contribution in [0.1, 0.15) is 18.5 Å². The zero-order chi connectivity index (χ0) is 13.0. The van der Waals surface area contributed by atoms with Crippen molar-refractivity contribution in [2.45, 2.75) is 23.0 Å². The summed E-state index contributed by atoms with van der Waals surface area (Å²) in [6.07, 6.45) is 3.44. The third kappa shape index (κ3) is 3.22. The zero-order valence-corrected chi connectivity index (χ0v) is 11.8. The molecule has 0 spiro atoms. The van der Waals surface area contributed by atoms with Crippen molar-refractivity contribution in [3.05, 3.63) is 47.2 Å². The molecule has 0 aliphatic rings. The summed E-state index contributed by atoms with van der Waals surface area (Å²) < 4.78 is 0. The van der Waals surface area contributed by atoms with Gasteiger partial charge >= 0.3 is 0 Å². The summed E-state index contributed by atoms with van der Waals surface area (Å²) in [6, 6.07) is 8.01. The number of halogens is 1. The van der Waals surface area contributed by atoms with Crippen molar-refractivity contribution in [1.29, 1.82) is 0 Å². The number of hydrogen-bond donors (Lipinski definition) is 1. The highest BCUT2D eigenvalue weighted by Crippen LogP contribution is 2.30. The van der Waals surface area contributed by atoms with E-state index in [4.69, 9.17) is 11.6 Å². The number of nitrogens with one attached hydrogen (secondary N) is 1. The number of aromatic nitrogens is 2. The van der Waals surface area contributed by atoms with Crippen molar-refractivity contribution in [3.8, 4) is 0 Å². The van der Waals surface area contributed by atoms with Gasteiger partial charge in [0.1, 0.15) is 10.1 Å². The van der Waals surface area contributed by atoms with Crippen LogP contribution in [0.4, 0.5) is 0 Å². The highest BCUT2D eigenvalue weighted by Gasteiger charge is 2.11. The van der Waals surface area contributed by atoms with E-state index in [1.807, 2.05) is 25.2 Å². The normalized spacial score (nSPS) is 12.4. The summed E-state index contributed by atoms with van der Waals surface area (Å²) >= 11 is 7.37. The van der Waals surface area contributed by atoms with Gasteiger partial charge in [0.05, 0.1) is 5.02 Å². The summed E-state index contributed by atoms with van der Waals surface area (Å²) in [5.74, 6) is 0. The van der Waals surface area contributed by atoms with Crippen LogP contribution in [-0.4, -0.2) is 17.0 Å². The lowest BCUT2D eigenvalue weighted by atomic mass is 10.1. The summed E-state index contributed by atoms with van der Waals surface area (Å²) in [7, 11) is 1.94. The molecule has 1 unspecified atom stereocenters. The fourth-order valence-corrected chi connectivity index (χ4v) is 2.52. The molecular formula is C13H14ClN3S. The maximum Gasteiger partial charge on any atom is 0.107 e. The molecule has 3 nitrogen and oxygen atoms in total. The molecule has 2 heterocycles. The van der Waals surface area contributed by atoms with Crippen molar-refractivity contribution >= 4 is 23.4 Å². The molecule has 0 saturated heterocycles. The van der Waals surface area contributed by atoms with Crippen LogP contribution in [0.25, 0.3) is 0 Å². The lowest BCUT2D eigenvalue weighted by Crippen LogP contribution is -2.13. The van der Waals surface area contributed by atoms with E-state index in [2.05, 4.69) is 28.3 Å². The Kier molecular flexibility index (Phi) is 4.58. The highest BCUT2D eigenvalue weighted by molar-refractivity contribution is 7.99. The predicted octanol–water partition coefficient (Wildman–Crippen LogP) is 3.56. The Hall–Kier alpha value is -1.10. The van der Waals surface area contributed by atoms with Crippen LogP contribution < -0.4 is 5.32 Å². The molecule has 2 aromatic heterocycles. The van der Waals surface area contributed by atoms with Gasteiger partial charge in [-0.2, -0.15) is 0 Å². The van der Waals surface area contributed by atoms with E-state index in [0.717, 1.165) is 10.1 Å². The SMILES string of the molecule is CNC(C)c1cccnc1Sc1ccc(Cl)cn1. The smallest absolute Gasteiger partial charge is 0.107 e. The minimum Gasteiger partial charge on any atom is -0.313 e. The first-order valence-electron chi connectivity index (χ1n) is 5.62. The molecule has 2 aromatic rings. The third-order valence-electron chi connectivity index (χ3n) is 2.60. The Bertz CT molecular complexity index is 516. The zero-order valence-electron chi connectivity index (χ0n) is 10.2. The fraction of sp³-hybridized carbons (Fsp3) is 0.231. The van der Waals surface area contributed by atoms with Crippen molar-refractivity contribution in [2.24, 2.45) is 0 Å². The second-order valence-corrected chi connectivity index (χ2v) is 5.27. The monoisotopic (exact) mass is 279 g/mol. The number of pyridine rings is 2. The van der Waals surface area contributed by atoms with E-state index >= 15 is 0 Å². The van der Waals surface area contributed by atoms with Crippen LogP contribution in [0.3, 0.4) is 0 Å². The molecule has 5 heteroatoms. The molecule has 0 amide bonds. The molecule has 0 saturated carbocycles. The van der Waals surface area contributed by atoms with Gasteiger partial charge in [-0.1, -0.05) is 17.7 Å². The molecule has 0 aromatic carbocycles. The minimum atomic E-state index is 0.258. The predicted molar refractivity (Wildman–Crippen MR) is 75.1 cm³/mol. The van der Waals surface area contributed by atoms with Crippen molar-refractivity contribution in [1.82, 2.24) is 15.3 Å². The molecule has 94 valence electrons. The number of nitrogens with zero attached hydrogens (tertiary/aromatic N) is 2. The first kappa shape index (κ1) is 13.3. The van der Waals surface area contributed by atoms with Gasteiger partial charge in [0, 0.05) is 24.0 Å². The van der Waals surface area contributed by atoms with Crippen molar-refractivity contribution < 1.29 is 0 Å². The van der Waals surface area contributed by atoms with E-state index < -0.39 is 0 Å². The molecule has 1 N–H and O–H groups in total. The Morgan fingerprint density at radius 3 is 2.78 bits per heavy atom. The Labute approximate surface area is 116 Å². The van der Waals surface area contributed by atoms with Crippen LogP contribution in [0, 0.1) is 0 Å². The average molecular weight is 280 g/mol. The van der Waals surface area contributed by atoms with Crippen LogP contribution in [0.15, 0.2) is 46.7 Å². The number of rotatable bonds is 4. The first-order valence-corrected chi connectivity index (χ1v) is 6.81. The lowest BCUT2D eigenvalue weighted by molar-refractivity contribution is 0.634. The highest BCUT2D eigenvalue weighted by atomic mass is 35.5. The topological polar surface area (TPSA) is 37.8 Å². The summed E-state index contributed by atoms with van der Waals surface area (Å²) in [5, 5.41) is 5.72. The van der Waals surface area contributed by atoms with Gasteiger partial charge in [0.2, 0.25) is 0 Å². The summed E-state index contributed by atoms with van der Waals surface area (Å²) in [4.78, 5) is 8.69. The standard InChI is InChI=1S/C13H14ClN3S/c1-9(15-2)11-4-3-7-16-13(11)18-12-6-5-10(14)8-17-12/h3-9,15H,1-2H3. The van der Waals surface area contributed by atoms with Crippen molar-refractivity contribution in [3.63, 3.8) is 0 Å². The summed E-state index contributed by atoms with van der Waals surface area (Å²) in [6.45, 7) is 2.11. The number of hydrogen-bond acceptors (Lipinski definition) is 4. The van der Waals surface area contributed by atoms with E-state index in [0.29, 0.717) is 5.02 Å². The van der Waals surface area contributed by atoms with E-state index in [1.165, 1.54) is 5.56 Å². The molecule has 0 bridgehead atoms. The van der Waals surface area contributed by atoms with Crippen LogP contribution >= 0.6 is 23.4 Å². The van der Waals surface area contributed by atoms with Gasteiger partial charge in [-0.25, -0.2) is 9.97 Å². The maximum absolute atomic E-state index is 5.82. The molecule has 0 aliphatic heterocycles. The third-order valence-corrected chi connectivity index (χ3v) is 3.81. The van der Waals surface area contributed by atoms with Gasteiger partial charge < -0.3 is 5.32 Å². The van der Waals surface area contributed by atoms with Gasteiger partial charge in [0.15, 0.2) is 0 Å². The molecule has 1 atom stereocenters. The molecule has 18 heavy (non-hydrogen) atoms. The lowest BCUT2D eigenvalue weighted by Gasteiger charge is -2.13. The molecule has 0 aliphatic carbocycles. The second-order valence-electron chi connectivity index (χ2n) is 3.82. The Morgan fingerprint density at radius 1 is 1.28 bits per heavy atom. The molecule has 0 radical (unpaired) electrons. The Balaban J connectivity index is 2.26. The molecule has 0 fully saturated rings. The largest absolute Gasteiger partial charge is 0.313 e.